The number of carbonyl (C=O) groups excluding carboxylic acids is 1. The van der Waals surface area contributed by atoms with Gasteiger partial charge in [-0.05, 0) is 12.1 Å². The maximum absolute atomic E-state index is 11.4. The van der Waals surface area contributed by atoms with Gasteiger partial charge in [0.2, 0.25) is 5.91 Å². The van der Waals surface area contributed by atoms with E-state index in [1.807, 2.05) is 0 Å². The average molecular weight is 254 g/mol. The zero-order valence-electron chi connectivity index (χ0n) is 10.0. The molecule has 0 saturated carbocycles. The summed E-state index contributed by atoms with van der Waals surface area (Å²) in [5.74, 6) is 0.240. The number of hydrogen-bond donors (Lipinski definition) is 4. The number of rotatable bonds is 7. The van der Waals surface area contributed by atoms with Crippen molar-refractivity contribution in [3.63, 3.8) is 0 Å². The minimum Gasteiger partial charge on any atom is -0.491 e. The highest BCUT2D eigenvalue weighted by Crippen LogP contribution is 2.19. The van der Waals surface area contributed by atoms with Gasteiger partial charge in [-0.2, -0.15) is 0 Å². The molecule has 18 heavy (non-hydrogen) atoms. The molecular weight excluding hydrogens is 236 g/mol. The van der Waals surface area contributed by atoms with Crippen molar-refractivity contribution in [2.45, 2.75) is 12.5 Å². The topological polar surface area (TPSA) is 105 Å². The highest BCUT2D eigenvalue weighted by Gasteiger charge is 2.10. The van der Waals surface area contributed by atoms with Crippen molar-refractivity contribution in [2.24, 2.45) is 0 Å². The first-order valence-electron chi connectivity index (χ1n) is 5.65. The van der Waals surface area contributed by atoms with Crippen molar-refractivity contribution in [3.8, 4) is 5.75 Å². The van der Waals surface area contributed by atoms with Crippen LogP contribution in [-0.2, 0) is 4.79 Å². The van der Waals surface area contributed by atoms with Gasteiger partial charge in [0.25, 0.3) is 0 Å². The Balaban J connectivity index is 2.29. The van der Waals surface area contributed by atoms with E-state index in [2.05, 4.69) is 5.32 Å². The molecule has 0 atom stereocenters. The van der Waals surface area contributed by atoms with Crippen molar-refractivity contribution in [1.82, 2.24) is 5.32 Å². The molecule has 100 valence electrons. The molecule has 1 amide bonds. The molecule has 1 aromatic rings. The fourth-order valence-corrected chi connectivity index (χ4v) is 1.31. The third-order valence-electron chi connectivity index (χ3n) is 2.31. The quantitative estimate of drug-likeness (QED) is 0.491. The van der Waals surface area contributed by atoms with Crippen LogP contribution in [0, 0.1) is 0 Å². The summed E-state index contributed by atoms with van der Waals surface area (Å²) in [5, 5.41) is 20.1. The molecular formula is C12H18N2O4. The lowest BCUT2D eigenvalue weighted by atomic mass is 10.3. The van der Waals surface area contributed by atoms with Crippen LogP contribution in [0.2, 0.25) is 0 Å². The summed E-state index contributed by atoms with van der Waals surface area (Å²) >= 11 is 0. The first kappa shape index (κ1) is 14.3. The van der Waals surface area contributed by atoms with Crippen LogP contribution in [0.25, 0.3) is 0 Å². The van der Waals surface area contributed by atoms with Gasteiger partial charge < -0.3 is 26.0 Å². The first-order valence-corrected chi connectivity index (χ1v) is 5.65. The lowest BCUT2D eigenvalue weighted by Gasteiger charge is -2.13. The molecule has 0 aromatic heterocycles. The Hall–Kier alpha value is -1.79. The van der Waals surface area contributed by atoms with Crippen LogP contribution in [0.4, 0.5) is 5.69 Å². The highest BCUT2D eigenvalue weighted by atomic mass is 16.5. The normalized spacial score (nSPS) is 10.4. The maximum Gasteiger partial charge on any atom is 0.223 e. The summed E-state index contributed by atoms with van der Waals surface area (Å²) in [5.41, 5.74) is 6.18. The first-order chi connectivity index (χ1) is 8.67. The fourth-order valence-electron chi connectivity index (χ4n) is 1.31. The Morgan fingerprint density at radius 3 is 2.61 bits per heavy atom. The lowest BCUT2D eigenvalue weighted by Crippen LogP contribution is -2.40. The van der Waals surface area contributed by atoms with Gasteiger partial charge >= 0.3 is 0 Å². The number of aliphatic hydroxyl groups is 2. The number of ether oxygens (including phenoxy) is 1. The second-order valence-corrected chi connectivity index (χ2v) is 3.77. The second-order valence-electron chi connectivity index (χ2n) is 3.77. The number of carbonyl (C=O) groups is 1. The second kappa shape index (κ2) is 7.52. The molecule has 0 saturated heterocycles. The van der Waals surface area contributed by atoms with Crippen molar-refractivity contribution < 1.29 is 19.7 Å². The smallest absolute Gasteiger partial charge is 0.223 e. The van der Waals surface area contributed by atoms with E-state index in [1.54, 1.807) is 24.3 Å². The Labute approximate surface area is 105 Å². The molecule has 0 aliphatic rings. The van der Waals surface area contributed by atoms with E-state index in [1.165, 1.54) is 0 Å². The largest absolute Gasteiger partial charge is 0.491 e. The molecule has 0 radical (unpaired) electrons. The van der Waals surface area contributed by atoms with Gasteiger partial charge in [-0.25, -0.2) is 0 Å². The molecule has 0 fully saturated rings. The zero-order chi connectivity index (χ0) is 13.4. The number of nitrogens with two attached hydrogens (primary N) is 1. The Morgan fingerprint density at radius 2 is 2.00 bits per heavy atom. The SMILES string of the molecule is Nc1ccccc1OCCC(=O)NC(CO)CO. The lowest BCUT2D eigenvalue weighted by molar-refractivity contribution is -0.122. The van der Waals surface area contributed by atoms with Crippen LogP contribution in [0.3, 0.4) is 0 Å². The van der Waals surface area contributed by atoms with Crippen LogP contribution in [0.5, 0.6) is 5.75 Å². The van der Waals surface area contributed by atoms with Crippen molar-refractivity contribution in [1.29, 1.82) is 0 Å². The number of anilines is 1. The number of para-hydroxylation sites is 2. The predicted molar refractivity (Wildman–Crippen MR) is 67.1 cm³/mol. The molecule has 1 rings (SSSR count). The van der Waals surface area contributed by atoms with E-state index in [4.69, 9.17) is 20.7 Å². The maximum atomic E-state index is 11.4. The highest BCUT2D eigenvalue weighted by molar-refractivity contribution is 5.76. The van der Waals surface area contributed by atoms with Gasteiger partial charge in [0, 0.05) is 0 Å². The summed E-state index contributed by atoms with van der Waals surface area (Å²) in [7, 11) is 0. The van der Waals surface area contributed by atoms with E-state index >= 15 is 0 Å². The number of amides is 1. The van der Waals surface area contributed by atoms with Gasteiger partial charge in [0.1, 0.15) is 5.75 Å². The minimum absolute atomic E-state index is 0.130. The Morgan fingerprint density at radius 1 is 1.33 bits per heavy atom. The average Bonchev–Trinajstić information content (AvgIpc) is 2.38. The number of benzene rings is 1. The van der Waals surface area contributed by atoms with Crippen molar-refractivity contribution in [2.75, 3.05) is 25.6 Å². The van der Waals surface area contributed by atoms with Gasteiger partial charge in [0.05, 0.1) is 38.0 Å². The number of nitrogens with one attached hydrogen (secondary N) is 1. The van der Waals surface area contributed by atoms with E-state index in [0.717, 1.165) is 0 Å². The molecule has 5 N–H and O–H groups in total. The molecule has 0 bridgehead atoms. The van der Waals surface area contributed by atoms with Crippen LogP contribution in [-0.4, -0.2) is 42.0 Å². The van der Waals surface area contributed by atoms with Crippen molar-refractivity contribution >= 4 is 11.6 Å². The summed E-state index contributed by atoms with van der Waals surface area (Å²) in [6.45, 7) is -0.410. The Kier molecular flexibility index (Phi) is 5.96. The summed E-state index contributed by atoms with van der Waals surface area (Å²) in [4.78, 5) is 11.4. The van der Waals surface area contributed by atoms with Crippen molar-refractivity contribution in [3.05, 3.63) is 24.3 Å². The standard InChI is InChI=1S/C12H18N2O4/c13-10-3-1-2-4-11(10)18-6-5-12(17)14-9(7-15)8-16/h1-4,9,15-16H,5-8,13H2,(H,14,17). The molecule has 0 unspecified atom stereocenters. The number of aliphatic hydroxyl groups excluding tert-OH is 2. The third kappa shape index (κ3) is 4.60. The summed E-state index contributed by atoms with van der Waals surface area (Å²) < 4.78 is 5.35. The number of hydrogen-bond acceptors (Lipinski definition) is 5. The molecule has 6 nitrogen and oxygen atoms in total. The molecule has 6 heteroatoms. The van der Waals surface area contributed by atoms with Crippen LogP contribution >= 0.6 is 0 Å². The van der Waals surface area contributed by atoms with Gasteiger partial charge in [-0.1, -0.05) is 12.1 Å². The Bertz CT molecular complexity index is 380. The monoisotopic (exact) mass is 254 g/mol. The van der Waals surface area contributed by atoms with E-state index < -0.39 is 6.04 Å². The number of nitrogen functional groups attached to an aromatic ring is 1. The van der Waals surface area contributed by atoms with E-state index in [0.29, 0.717) is 11.4 Å². The van der Waals surface area contributed by atoms with Gasteiger partial charge in [-0.3, -0.25) is 4.79 Å². The molecule has 0 spiro atoms. The van der Waals surface area contributed by atoms with Gasteiger partial charge in [0.15, 0.2) is 0 Å². The molecule has 0 aliphatic heterocycles. The van der Waals surface area contributed by atoms with Crippen LogP contribution in [0.1, 0.15) is 6.42 Å². The van der Waals surface area contributed by atoms with E-state index in [9.17, 15) is 4.79 Å². The molecule has 0 aliphatic carbocycles. The van der Waals surface area contributed by atoms with Crippen LogP contribution in [0.15, 0.2) is 24.3 Å². The third-order valence-corrected chi connectivity index (χ3v) is 2.31. The fraction of sp³-hybridized carbons (Fsp3) is 0.417. The zero-order valence-corrected chi connectivity index (χ0v) is 10.0. The summed E-state index contributed by atoms with van der Waals surface area (Å²) in [6.07, 6.45) is 0.130. The minimum atomic E-state index is -0.626. The molecule has 0 heterocycles. The summed E-state index contributed by atoms with van der Waals surface area (Å²) in [6, 6.07) is 6.39. The van der Waals surface area contributed by atoms with Gasteiger partial charge in [-0.15, -0.1) is 0 Å². The van der Waals surface area contributed by atoms with Crippen LogP contribution < -0.4 is 15.8 Å². The van der Waals surface area contributed by atoms with E-state index in [-0.39, 0.29) is 32.1 Å². The predicted octanol–water partition coefficient (Wildman–Crippen LogP) is -0.493. The molecule has 1 aromatic carbocycles.